The van der Waals surface area contributed by atoms with Crippen LogP contribution < -0.4 is 0 Å². The van der Waals surface area contributed by atoms with Gasteiger partial charge in [0.1, 0.15) is 12.5 Å². The maximum Gasteiger partial charge on any atom is 0.249 e. The Morgan fingerprint density at radius 1 is 1.00 bits per heavy atom. The van der Waals surface area contributed by atoms with E-state index in [0.717, 1.165) is 25.7 Å². The fourth-order valence-electron chi connectivity index (χ4n) is 1.45. The minimum Gasteiger partial charge on any atom is -0.457 e. The molecule has 2 nitrogen and oxygen atoms in total. The summed E-state index contributed by atoms with van der Waals surface area (Å²) in [5.41, 5.74) is 0. The van der Waals surface area contributed by atoms with E-state index in [1.54, 1.807) is 12.5 Å². The van der Waals surface area contributed by atoms with Gasteiger partial charge in [-0.25, -0.2) is 0 Å². The standard InChI is InChI=1S/C9H16O2/c1-3-5-9(6-4-2)10-7-8-11-9/h7-8H,3-6H2,1-2H3. The molecule has 0 N–H and O–H groups in total. The molecule has 0 fully saturated rings. The van der Waals surface area contributed by atoms with E-state index in [4.69, 9.17) is 9.47 Å². The highest BCUT2D eigenvalue weighted by atomic mass is 16.7. The monoisotopic (exact) mass is 156 g/mol. The van der Waals surface area contributed by atoms with E-state index in [-0.39, 0.29) is 5.79 Å². The topological polar surface area (TPSA) is 18.5 Å². The molecule has 0 bridgehead atoms. The van der Waals surface area contributed by atoms with Crippen molar-refractivity contribution in [1.29, 1.82) is 0 Å². The predicted octanol–water partition coefficient (Wildman–Crippen LogP) is 2.80. The average molecular weight is 156 g/mol. The summed E-state index contributed by atoms with van der Waals surface area (Å²) >= 11 is 0. The maximum atomic E-state index is 5.42. The molecular weight excluding hydrogens is 140 g/mol. The molecule has 1 heterocycles. The maximum absolute atomic E-state index is 5.42. The van der Waals surface area contributed by atoms with Crippen molar-refractivity contribution in [1.82, 2.24) is 0 Å². The number of hydrogen-bond acceptors (Lipinski definition) is 2. The number of ether oxygens (including phenoxy) is 2. The van der Waals surface area contributed by atoms with Gasteiger partial charge >= 0.3 is 0 Å². The van der Waals surface area contributed by atoms with Crippen molar-refractivity contribution < 1.29 is 9.47 Å². The highest BCUT2D eigenvalue weighted by molar-refractivity contribution is 4.82. The average Bonchev–Trinajstić information content (AvgIpc) is 2.39. The Morgan fingerprint density at radius 2 is 1.45 bits per heavy atom. The van der Waals surface area contributed by atoms with Crippen LogP contribution in [-0.4, -0.2) is 5.79 Å². The van der Waals surface area contributed by atoms with Crippen LogP contribution in [0, 0.1) is 0 Å². The zero-order chi connectivity index (χ0) is 8.16. The first-order valence-corrected chi connectivity index (χ1v) is 4.33. The molecule has 0 radical (unpaired) electrons. The van der Waals surface area contributed by atoms with Crippen LogP contribution >= 0.6 is 0 Å². The second-order valence-corrected chi connectivity index (χ2v) is 2.92. The molecule has 0 aromatic rings. The van der Waals surface area contributed by atoms with Gasteiger partial charge in [-0.3, -0.25) is 0 Å². The van der Waals surface area contributed by atoms with Crippen molar-refractivity contribution in [2.75, 3.05) is 0 Å². The van der Waals surface area contributed by atoms with Gasteiger partial charge in [-0.2, -0.15) is 0 Å². The van der Waals surface area contributed by atoms with E-state index in [0.29, 0.717) is 0 Å². The zero-order valence-corrected chi connectivity index (χ0v) is 7.30. The molecule has 11 heavy (non-hydrogen) atoms. The molecule has 0 spiro atoms. The Kier molecular flexibility index (Phi) is 2.80. The lowest BCUT2D eigenvalue weighted by molar-refractivity contribution is -0.152. The smallest absolute Gasteiger partial charge is 0.249 e. The van der Waals surface area contributed by atoms with Crippen LogP contribution in [0.5, 0.6) is 0 Å². The van der Waals surface area contributed by atoms with Gasteiger partial charge < -0.3 is 9.47 Å². The van der Waals surface area contributed by atoms with E-state index in [1.807, 2.05) is 0 Å². The Morgan fingerprint density at radius 3 is 1.82 bits per heavy atom. The fraction of sp³-hybridized carbons (Fsp3) is 0.778. The first-order valence-electron chi connectivity index (χ1n) is 4.33. The summed E-state index contributed by atoms with van der Waals surface area (Å²) in [7, 11) is 0. The number of rotatable bonds is 4. The van der Waals surface area contributed by atoms with E-state index < -0.39 is 0 Å². The van der Waals surface area contributed by atoms with Gasteiger partial charge in [0, 0.05) is 12.8 Å². The predicted molar refractivity (Wildman–Crippen MR) is 43.9 cm³/mol. The minimum absolute atomic E-state index is 0.316. The highest BCUT2D eigenvalue weighted by Gasteiger charge is 2.33. The lowest BCUT2D eigenvalue weighted by Gasteiger charge is -2.26. The Bertz CT molecular complexity index is 124. The third kappa shape index (κ3) is 1.88. The van der Waals surface area contributed by atoms with E-state index in [1.165, 1.54) is 0 Å². The first kappa shape index (κ1) is 8.44. The summed E-state index contributed by atoms with van der Waals surface area (Å²) in [5.74, 6) is -0.316. The van der Waals surface area contributed by atoms with Crippen LogP contribution in [-0.2, 0) is 9.47 Å². The summed E-state index contributed by atoms with van der Waals surface area (Å²) < 4.78 is 10.8. The van der Waals surface area contributed by atoms with Crippen molar-refractivity contribution in [2.24, 2.45) is 0 Å². The van der Waals surface area contributed by atoms with Gasteiger partial charge in [0.05, 0.1) is 0 Å². The van der Waals surface area contributed by atoms with Gasteiger partial charge in [0.15, 0.2) is 0 Å². The van der Waals surface area contributed by atoms with Crippen molar-refractivity contribution in [3.05, 3.63) is 12.5 Å². The van der Waals surface area contributed by atoms with E-state index in [9.17, 15) is 0 Å². The van der Waals surface area contributed by atoms with Gasteiger partial charge in [-0.05, 0) is 12.8 Å². The SMILES string of the molecule is CCCC1(CCC)OC=CO1. The highest BCUT2D eigenvalue weighted by Crippen LogP contribution is 2.30. The van der Waals surface area contributed by atoms with E-state index >= 15 is 0 Å². The van der Waals surface area contributed by atoms with Gasteiger partial charge in [-0.15, -0.1) is 0 Å². The summed E-state index contributed by atoms with van der Waals surface area (Å²) in [6, 6.07) is 0. The van der Waals surface area contributed by atoms with Crippen molar-refractivity contribution in [2.45, 2.75) is 45.3 Å². The van der Waals surface area contributed by atoms with Crippen LogP contribution in [0.3, 0.4) is 0 Å². The zero-order valence-electron chi connectivity index (χ0n) is 7.30. The molecule has 64 valence electrons. The van der Waals surface area contributed by atoms with Crippen molar-refractivity contribution >= 4 is 0 Å². The van der Waals surface area contributed by atoms with Crippen LogP contribution in [0.25, 0.3) is 0 Å². The molecule has 2 heteroatoms. The summed E-state index contributed by atoms with van der Waals surface area (Å²) in [6.45, 7) is 4.28. The molecule has 0 unspecified atom stereocenters. The second-order valence-electron chi connectivity index (χ2n) is 2.92. The van der Waals surface area contributed by atoms with Crippen LogP contribution in [0.15, 0.2) is 12.5 Å². The largest absolute Gasteiger partial charge is 0.457 e. The summed E-state index contributed by atoms with van der Waals surface area (Å²) in [5, 5.41) is 0. The second kappa shape index (κ2) is 3.65. The van der Waals surface area contributed by atoms with Crippen LogP contribution in [0.2, 0.25) is 0 Å². The molecule has 0 saturated carbocycles. The fourth-order valence-corrected chi connectivity index (χ4v) is 1.45. The molecule has 1 aliphatic rings. The third-order valence-electron chi connectivity index (χ3n) is 1.88. The lowest BCUT2D eigenvalue weighted by atomic mass is 10.1. The molecule has 0 aliphatic carbocycles. The summed E-state index contributed by atoms with van der Waals surface area (Å²) in [4.78, 5) is 0. The van der Waals surface area contributed by atoms with Crippen molar-refractivity contribution in [3.8, 4) is 0 Å². The molecule has 0 aromatic carbocycles. The Hall–Kier alpha value is -0.660. The molecule has 0 atom stereocenters. The first-order chi connectivity index (χ1) is 5.33. The van der Waals surface area contributed by atoms with Crippen LogP contribution in [0.4, 0.5) is 0 Å². The molecule has 0 aromatic heterocycles. The molecule has 1 aliphatic heterocycles. The van der Waals surface area contributed by atoms with Gasteiger partial charge in [0.25, 0.3) is 0 Å². The van der Waals surface area contributed by atoms with Crippen LogP contribution in [0.1, 0.15) is 39.5 Å². The van der Waals surface area contributed by atoms with Gasteiger partial charge in [-0.1, -0.05) is 13.8 Å². The molecule has 0 saturated heterocycles. The molecule has 1 rings (SSSR count). The molecule has 0 amide bonds. The quantitative estimate of drug-likeness (QED) is 0.623. The van der Waals surface area contributed by atoms with Gasteiger partial charge in [0.2, 0.25) is 5.79 Å². The molecular formula is C9H16O2. The van der Waals surface area contributed by atoms with Crippen molar-refractivity contribution in [3.63, 3.8) is 0 Å². The number of hydrogen-bond donors (Lipinski definition) is 0. The normalized spacial score (nSPS) is 19.5. The Labute approximate surface area is 68.2 Å². The summed E-state index contributed by atoms with van der Waals surface area (Å²) in [6.07, 6.45) is 7.45. The third-order valence-corrected chi connectivity index (χ3v) is 1.88. The Balaban J connectivity index is 2.43. The lowest BCUT2D eigenvalue weighted by Crippen LogP contribution is -2.29. The minimum atomic E-state index is -0.316. The van der Waals surface area contributed by atoms with E-state index in [2.05, 4.69) is 13.8 Å².